The molecule has 25 heavy (non-hydrogen) atoms. The van der Waals surface area contributed by atoms with Gasteiger partial charge < -0.3 is 14.4 Å². The van der Waals surface area contributed by atoms with Gasteiger partial charge in [-0.25, -0.2) is 9.79 Å². The fraction of sp³-hybridized carbons (Fsp3) is 0.263. The largest absolute Gasteiger partial charge is 0.402 e. The summed E-state index contributed by atoms with van der Waals surface area (Å²) in [4.78, 5) is 19.8. The van der Waals surface area contributed by atoms with E-state index in [0.717, 1.165) is 42.3 Å². The molecule has 1 fully saturated rings. The number of carbonyl (C=O) groups excluding carboxylic acids is 1. The molecule has 1 aromatic heterocycles. The van der Waals surface area contributed by atoms with Gasteiger partial charge in [0.05, 0.1) is 18.2 Å². The molecule has 2 aromatic rings. The number of aliphatic imine (C=N–C) groups is 1. The van der Waals surface area contributed by atoms with Crippen LogP contribution in [0.2, 0.25) is 0 Å². The lowest BCUT2D eigenvalue weighted by atomic mass is 10.1. The summed E-state index contributed by atoms with van der Waals surface area (Å²) in [5.74, 6) is -0.0434. The number of hydrogen-bond acceptors (Lipinski definition) is 6. The standard InChI is InChI=1S/C19H18N2O3S/c1-13-2-4-14(5-3-13)18-20-16(19(22)24-18)12-15-6-7-17(25-15)21-8-10-23-11-9-21/h2-7,12H,8-11H2,1H3/b16-12+. The predicted molar refractivity (Wildman–Crippen MR) is 99.1 cm³/mol. The maximum atomic E-state index is 12.1. The third kappa shape index (κ3) is 3.50. The van der Waals surface area contributed by atoms with Crippen molar-refractivity contribution in [3.8, 4) is 0 Å². The van der Waals surface area contributed by atoms with Crippen LogP contribution < -0.4 is 4.90 Å². The van der Waals surface area contributed by atoms with E-state index in [1.165, 1.54) is 5.00 Å². The number of ether oxygens (including phenoxy) is 2. The zero-order chi connectivity index (χ0) is 17.2. The normalized spacial score (nSPS) is 19.2. The average molecular weight is 354 g/mol. The summed E-state index contributed by atoms with van der Waals surface area (Å²) in [5, 5.41) is 1.18. The van der Waals surface area contributed by atoms with Gasteiger partial charge in [0.15, 0.2) is 5.70 Å². The van der Waals surface area contributed by atoms with Gasteiger partial charge in [0, 0.05) is 23.5 Å². The van der Waals surface area contributed by atoms with E-state index < -0.39 is 5.97 Å². The van der Waals surface area contributed by atoms with Gasteiger partial charge in [0.25, 0.3) is 0 Å². The van der Waals surface area contributed by atoms with Crippen molar-refractivity contribution in [3.63, 3.8) is 0 Å². The fourth-order valence-electron chi connectivity index (χ4n) is 2.74. The number of nitrogens with zero attached hydrogens (tertiary/aromatic N) is 2. The second kappa shape index (κ2) is 6.82. The Balaban J connectivity index is 1.55. The van der Waals surface area contributed by atoms with E-state index in [1.807, 2.05) is 37.3 Å². The highest BCUT2D eigenvalue weighted by Crippen LogP contribution is 2.29. The van der Waals surface area contributed by atoms with Crippen LogP contribution in [0.4, 0.5) is 5.00 Å². The molecule has 2 aliphatic heterocycles. The molecule has 6 heteroatoms. The monoisotopic (exact) mass is 354 g/mol. The number of morpholine rings is 1. The van der Waals surface area contributed by atoms with Gasteiger partial charge in [-0.05, 0) is 37.3 Å². The highest BCUT2D eigenvalue weighted by molar-refractivity contribution is 7.16. The van der Waals surface area contributed by atoms with Crippen LogP contribution in [0.25, 0.3) is 6.08 Å². The summed E-state index contributed by atoms with van der Waals surface area (Å²) < 4.78 is 10.7. The average Bonchev–Trinajstić information content (AvgIpc) is 3.24. The molecular weight excluding hydrogens is 336 g/mol. The minimum atomic E-state index is -0.406. The number of rotatable bonds is 3. The van der Waals surface area contributed by atoms with Gasteiger partial charge in [-0.1, -0.05) is 17.7 Å². The quantitative estimate of drug-likeness (QED) is 0.627. The summed E-state index contributed by atoms with van der Waals surface area (Å²) in [6.07, 6.45) is 1.79. The van der Waals surface area contributed by atoms with Crippen LogP contribution in [0, 0.1) is 6.92 Å². The van der Waals surface area contributed by atoms with E-state index in [2.05, 4.69) is 16.0 Å². The summed E-state index contributed by atoms with van der Waals surface area (Å²) in [6, 6.07) is 11.9. The Morgan fingerprint density at radius 2 is 1.88 bits per heavy atom. The molecule has 0 unspecified atom stereocenters. The van der Waals surface area contributed by atoms with Crippen LogP contribution in [-0.4, -0.2) is 38.2 Å². The van der Waals surface area contributed by atoms with Crippen molar-refractivity contribution in [3.05, 3.63) is 58.1 Å². The number of thiophene rings is 1. The number of esters is 1. The van der Waals surface area contributed by atoms with Crippen molar-refractivity contribution in [2.75, 3.05) is 31.2 Å². The van der Waals surface area contributed by atoms with Gasteiger partial charge >= 0.3 is 5.97 Å². The highest BCUT2D eigenvalue weighted by Gasteiger charge is 2.24. The van der Waals surface area contributed by atoms with E-state index in [0.29, 0.717) is 11.6 Å². The Morgan fingerprint density at radius 3 is 2.64 bits per heavy atom. The number of hydrogen-bond donors (Lipinski definition) is 0. The molecule has 0 N–H and O–H groups in total. The van der Waals surface area contributed by atoms with Crippen molar-refractivity contribution in [1.82, 2.24) is 0 Å². The summed E-state index contributed by atoms with van der Waals surface area (Å²) in [7, 11) is 0. The third-order valence-electron chi connectivity index (χ3n) is 4.13. The molecule has 0 atom stereocenters. The molecule has 0 amide bonds. The van der Waals surface area contributed by atoms with Crippen LogP contribution in [0.3, 0.4) is 0 Å². The van der Waals surface area contributed by atoms with Crippen molar-refractivity contribution in [2.45, 2.75) is 6.92 Å². The molecule has 0 bridgehead atoms. The Kier molecular flexibility index (Phi) is 4.38. The zero-order valence-corrected chi connectivity index (χ0v) is 14.7. The summed E-state index contributed by atoms with van der Waals surface area (Å²) in [6.45, 7) is 5.32. The molecule has 0 spiro atoms. The molecule has 0 aliphatic carbocycles. The smallest absolute Gasteiger partial charge is 0.363 e. The first kappa shape index (κ1) is 16.1. The van der Waals surface area contributed by atoms with Gasteiger partial charge in [-0.3, -0.25) is 0 Å². The zero-order valence-electron chi connectivity index (χ0n) is 13.9. The molecule has 3 heterocycles. The minimum absolute atomic E-state index is 0.339. The lowest BCUT2D eigenvalue weighted by Gasteiger charge is -2.27. The van der Waals surface area contributed by atoms with Gasteiger partial charge in [0.2, 0.25) is 5.90 Å². The molecular formula is C19H18N2O3S. The van der Waals surface area contributed by atoms with Crippen LogP contribution >= 0.6 is 11.3 Å². The van der Waals surface area contributed by atoms with Crippen molar-refractivity contribution in [2.24, 2.45) is 4.99 Å². The fourth-order valence-corrected chi connectivity index (χ4v) is 3.73. The lowest BCUT2D eigenvalue weighted by molar-refractivity contribution is -0.129. The third-order valence-corrected chi connectivity index (χ3v) is 5.23. The summed E-state index contributed by atoms with van der Waals surface area (Å²) >= 11 is 1.64. The maximum Gasteiger partial charge on any atom is 0.363 e. The molecule has 5 nitrogen and oxygen atoms in total. The molecule has 0 saturated carbocycles. The summed E-state index contributed by atoms with van der Waals surface area (Å²) in [5.41, 5.74) is 2.30. The SMILES string of the molecule is Cc1ccc(C2=N/C(=C/c3ccc(N4CCOCC4)s3)C(=O)O2)cc1. The van der Waals surface area contributed by atoms with E-state index >= 15 is 0 Å². The molecule has 0 radical (unpaired) electrons. The first-order valence-electron chi connectivity index (χ1n) is 8.21. The van der Waals surface area contributed by atoms with Crippen LogP contribution in [0.15, 0.2) is 47.1 Å². The number of benzene rings is 1. The van der Waals surface area contributed by atoms with Crippen LogP contribution in [0.1, 0.15) is 16.0 Å². The second-order valence-corrected chi connectivity index (χ2v) is 7.07. The maximum absolute atomic E-state index is 12.1. The molecule has 2 aliphatic rings. The Hall–Kier alpha value is -2.44. The number of carbonyl (C=O) groups is 1. The van der Waals surface area contributed by atoms with Gasteiger partial charge in [-0.15, -0.1) is 11.3 Å². The number of anilines is 1. The van der Waals surface area contributed by atoms with E-state index in [1.54, 1.807) is 17.4 Å². The Morgan fingerprint density at radius 1 is 1.12 bits per heavy atom. The second-order valence-electron chi connectivity index (χ2n) is 5.98. The highest BCUT2D eigenvalue weighted by atomic mass is 32.1. The van der Waals surface area contributed by atoms with Crippen molar-refractivity contribution in [1.29, 1.82) is 0 Å². The number of aryl methyl sites for hydroxylation is 1. The first-order valence-corrected chi connectivity index (χ1v) is 9.03. The Labute approximate surface area is 150 Å². The molecule has 4 rings (SSSR count). The lowest BCUT2D eigenvalue weighted by Crippen LogP contribution is -2.35. The molecule has 1 aromatic carbocycles. The van der Waals surface area contributed by atoms with Crippen LogP contribution in [-0.2, 0) is 14.3 Å². The van der Waals surface area contributed by atoms with E-state index in [9.17, 15) is 4.79 Å². The molecule has 1 saturated heterocycles. The van der Waals surface area contributed by atoms with Crippen LogP contribution in [0.5, 0.6) is 0 Å². The van der Waals surface area contributed by atoms with Gasteiger partial charge in [-0.2, -0.15) is 0 Å². The topological polar surface area (TPSA) is 51.1 Å². The minimum Gasteiger partial charge on any atom is -0.402 e. The predicted octanol–water partition coefficient (Wildman–Crippen LogP) is 3.24. The van der Waals surface area contributed by atoms with E-state index in [-0.39, 0.29) is 0 Å². The van der Waals surface area contributed by atoms with Crippen molar-refractivity contribution >= 4 is 34.3 Å². The first-order chi connectivity index (χ1) is 12.2. The van der Waals surface area contributed by atoms with E-state index in [4.69, 9.17) is 9.47 Å². The van der Waals surface area contributed by atoms with Gasteiger partial charge in [0.1, 0.15) is 0 Å². The molecule has 128 valence electrons. The Bertz CT molecular complexity index is 846. The van der Waals surface area contributed by atoms with Crippen molar-refractivity contribution < 1.29 is 14.3 Å². The number of cyclic esters (lactones) is 1.